The van der Waals surface area contributed by atoms with Gasteiger partial charge in [0.15, 0.2) is 17.3 Å². The molecule has 3 rings (SSSR count). The first kappa shape index (κ1) is 17.5. The molecule has 0 fully saturated rings. The first-order valence-corrected chi connectivity index (χ1v) is 7.30. The van der Waals surface area contributed by atoms with Crippen LogP contribution in [0.3, 0.4) is 0 Å². The summed E-state index contributed by atoms with van der Waals surface area (Å²) >= 11 is 0. The van der Waals surface area contributed by atoms with Crippen LogP contribution in [-0.4, -0.2) is 22.3 Å². The van der Waals surface area contributed by atoms with Gasteiger partial charge in [0.2, 0.25) is 0 Å². The number of carbonyl (C=O) groups excluding carboxylic acids is 1. The van der Waals surface area contributed by atoms with E-state index in [0.717, 1.165) is 12.1 Å². The minimum atomic E-state index is -3.15. The summed E-state index contributed by atoms with van der Waals surface area (Å²) in [6.07, 6.45) is 1.50. The normalized spacial score (nSPS) is 10.8. The van der Waals surface area contributed by atoms with Crippen molar-refractivity contribution in [3.8, 4) is 11.4 Å². The van der Waals surface area contributed by atoms with Gasteiger partial charge in [0.1, 0.15) is 5.82 Å². The van der Waals surface area contributed by atoms with Crippen LogP contribution in [0.1, 0.15) is 10.5 Å². The van der Waals surface area contributed by atoms with E-state index in [0.29, 0.717) is 5.69 Å². The summed E-state index contributed by atoms with van der Waals surface area (Å²) in [5.41, 5.74) is 0.623. The molecule has 5 nitrogen and oxygen atoms in total. The Morgan fingerprint density at radius 3 is 2.46 bits per heavy atom. The van der Waals surface area contributed by atoms with Gasteiger partial charge >= 0.3 is 6.61 Å². The highest BCUT2D eigenvalue weighted by Crippen LogP contribution is 2.23. The summed E-state index contributed by atoms with van der Waals surface area (Å²) in [5.74, 6) is -2.70. The molecule has 0 aliphatic heterocycles. The number of carbonyl (C=O) groups is 1. The fourth-order valence-corrected chi connectivity index (χ4v) is 2.15. The standard InChI is InChI=1S/C17H11F4N3O2/c18-10-1-4-12(5-2-10)24-8-7-14(23-24)16(25)22-11-3-6-15(13(19)9-11)26-17(20)21/h1-9,17H,(H,22,25). The summed E-state index contributed by atoms with van der Waals surface area (Å²) in [6.45, 7) is -3.15. The third-order valence-corrected chi connectivity index (χ3v) is 3.32. The first-order valence-electron chi connectivity index (χ1n) is 7.30. The molecule has 0 aliphatic rings. The van der Waals surface area contributed by atoms with Gasteiger partial charge in [0, 0.05) is 18.0 Å². The molecule has 134 valence electrons. The molecule has 2 aromatic carbocycles. The molecular weight excluding hydrogens is 354 g/mol. The van der Waals surface area contributed by atoms with E-state index in [4.69, 9.17) is 0 Å². The van der Waals surface area contributed by atoms with E-state index in [1.54, 1.807) is 0 Å². The lowest BCUT2D eigenvalue weighted by Crippen LogP contribution is -2.13. The molecule has 1 N–H and O–H groups in total. The number of halogens is 4. The largest absolute Gasteiger partial charge is 0.432 e. The van der Waals surface area contributed by atoms with Crippen molar-refractivity contribution in [1.29, 1.82) is 0 Å². The number of rotatable bonds is 5. The van der Waals surface area contributed by atoms with E-state index in [-0.39, 0.29) is 11.4 Å². The molecule has 3 aromatic rings. The van der Waals surface area contributed by atoms with Crippen molar-refractivity contribution in [3.63, 3.8) is 0 Å². The zero-order chi connectivity index (χ0) is 18.7. The van der Waals surface area contributed by atoms with Crippen molar-refractivity contribution >= 4 is 11.6 Å². The van der Waals surface area contributed by atoms with Crippen LogP contribution in [0.4, 0.5) is 23.2 Å². The number of amides is 1. The Kier molecular flexibility index (Phi) is 4.87. The Labute approximate surface area is 144 Å². The van der Waals surface area contributed by atoms with Crippen molar-refractivity contribution in [1.82, 2.24) is 9.78 Å². The Bertz CT molecular complexity index is 926. The summed E-state index contributed by atoms with van der Waals surface area (Å²) in [6, 6.07) is 9.95. The quantitative estimate of drug-likeness (QED) is 0.696. The van der Waals surface area contributed by atoms with Crippen LogP contribution in [0.25, 0.3) is 5.69 Å². The summed E-state index contributed by atoms with van der Waals surface area (Å²) in [5, 5.41) is 6.45. The van der Waals surface area contributed by atoms with E-state index in [1.165, 1.54) is 47.3 Å². The molecule has 26 heavy (non-hydrogen) atoms. The van der Waals surface area contributed by atoms with Gasteiger partial charge in [-0.2, -0.15) is 13.9 Å². The molecule has 0 atom stereocenters. The van der Waals surface area contributed by atoms with Gasteiger partial charge in [-0.3, -0.25) is 4.79 Å². The Morgan fingerprint density at radius 2 is 1.81 bits per heavy atom. The van der Waals surface area contributed by atoms with Gasteiger partial charge in [0.25, 0.3) is 5.91 Å². The SMILES string of the molecule is O=C(Nc1ccc(OC(F)F)c(F)c1)c1ccn(-c2ccc(F)cc2)n1. The lowest BCUT2D eigenvalue weighted by atomic mass is 10.2. The molecule has 0 saturated carbocycles. The zero-order valence-electron chi connectivity index (χ0n) is 13.0. The average molecular weight is 365 g/mol. The van der Waals surface area contributed by atoms with Crippen molar-refractivity contribution in [3.05, 3.63) is 72.1 Å². The van der Waals surface area contributed by atoms with Gasteiger partial charge in [-0.1, -0.05) is 0 Å². The number of nitrogens with zero attached hydrogens (tertiary/aromatic N) is 2. The molecule has 0 unspecified atom stereocenters. The van der Waals surface area contributed by atoms with E-state index < -0.39 is 29.9 Å². The average Bonchev–Trinajstić information content (AvgIpc) is 3.08. The Balaban J connectivity index is 1.72. The number of anilines is 1. The fraction of sp³-hybridized carbons (Fsp3) is 0.0588. The lowest BCUT2D eigenvalue weighted by molar-refractivity contribution is -0.0521. The third kappa shape index (κ3) is 4.00. The van der Waals surface area contributed by atoms with E-state index in [9.17, 15) is 22.4 Å². The van der Waals surface area contributed by atoms with Crippen LogP contribution < -0.4 is 10.1 Å². The molecule has 9 heteroatoms. The second kappa shape index (κ2) is 7.26. The van der Waals surface area contributed by atoms with Crippen LogP contribution >= 0.6 is 0 Å². The second-order valence-corrected chi connectivity index (χ2v) is 5.10. The molecule has 1 aromatic heterocycles. The molecule has 0 saturated heterocycles. The first-order chi connectivity index (χ1) is 12.4. The van der Waals surface area contributed by atoms with Gasteiger partial charge in [-0.05, 0) is 42.5 Å². The fourth-order valence-electron chi connectivity index (χ4n) is 2.15. The number of hydrogen-bond acceptors (Lipinski definition) is 3. The second-order valence-electron chi connectivity index (χ2n) is 5.10. The highest BCUT2D eigenvalue weighted by Gasteiger charge is 2.14. The Morgan fingerprint density at radius 1 is 1.08 bits per heavy atom. The monoisotopic (exact) mass is 365 g/mol. The van der Waals surface area contributed by atoms with Crippen molar-refractivity contribution in [2.24, 2.45) is 0 Å². The highest BCUT2D eigenvalue weighted by molar-refractivity contribution is 6.02. The van der Waals surface area contributed by atoms with Crippen LogP contribution in [-0.2, 0) is 0 Å². The number of aromatic nitrogens is 2. The summed E-state index contributed by atoms with van der Waals surface area (Å²) < 4.78 is 56.2. The number of hydrogen-bond donors (Lipinski definition) is 1. The van der Waals surface area contributed by atoms with Gasteiger partial charge in [0.05, 0.1) is 5.69 Å². The smallest absolute Gasteiger partial charge is 0.387 e. The maximum absolute atomic E-state index is 13.7. The maximum Gasteiger partial charge on any atom is 0.387 e. The number of ether oxygens (including phenoxy) is 1. The molecular formula is C17H11F4N3O2. The molecule has 1 amide bonds. The number of alkyl halides is 2. The minimum Gasteiger partial charge on any atom is -0.432 e. The third-order valence-electron chi connectivity index (χ3n) is 3.32. The Hall–Kier alpha value is -3.36. The van der Waals surface area contributed by atoms with E-state index in [2.05, 4.69) is 15.2 Å². The topological polar surface area (TPSA) is 56.1 Å². The summed E-state index contributed by atoms with van der Waals surface area (Å²) in [4.78, 5) is 12.2. The van der Waals surface area contributed by atoms with E-state index >= 15 is 0 Å². The predicted octanol–water partition coefficient (Wildman–Crippen LogP) is 4.00. The predicted molar refractivity (Wildman–Crippen MR) is 84.5 cm³/mol. The van der Waals surface area contributed by atoms with Gasteiger partial charge < -0.3 is 10.1 Å². The minimum absolute atomic E-state index is 0.0302. The van der Waals surface area contributed by atoms with Crippen LogP contribution in [0.2, 0.25) is 0 Å². The van der Waals surface area contributed by atoms with Crippen LogP contribution in [0, 0.1) is 11.6 Å². The molecule has 1 heterocycles. The van der Waals surface area contributed by atoms with Gasteiger partial charge in [-0.25, -0.2) is 13.5 Å². The highest BCUT2D eigenvalue weighted by atomic mass is 19.3. The van der Waals surface area contributed by atoms with Crippen LogP contribution in [0.15, 0.2) is 54.7 Å². The van der Waals surface area contributed by atoms with Crippen molar-refractivity contribution in [2.75, 3.05) is 5.32 Å². The molecule has 0 spiro atoms. The summed E-state index contributed by atoms with van der Waals surface area (Å²) in [7, 11) is 0. The van der Waals surface area contributed by atoms with Crippen molar-refractivity contribution < 1.29 is 27.1 Å². The molecule has 0 bridgehead atoms. The maximum atomic E-state index is 13.7. The van der Waals surface area contributed by atoms with Crippen LogP contribution in [0.5, 0.6) is 5.75 Å². The van der Waals surface area contributed by atoms with E-state index in [1.807, 2.05) is 0 Å². The van der Waals surface area contributed by atoms with Crippen molar-refractivity contribution in [2.45, 2.75) is 6.61 Å². The molecule has 0 radical (unpaired) electrons. The lowest BCUT2D eigenvalue weighted by Gasteiger charge is -2.08. The number of benzene rings is 2. The molecule has 0 aliphatic carbocycles. The number of nitrogens with one attached hydrogen (secondary N) is 1. The zero-order valence-corrected chi connectivity index (χ0v) is 13.0. The van der Waals surface area contributed by atoms with Gasteiger partial charge in [-0.15, -0.1) is 0 Å².